The zero-order valence-electron chi connectivity index (χ0n) is 18.7. The highest BCUT2D eigenvalue weighted by Crippen LogP contribution is 2.36. The van der Waals surface area contributed by atoms with Crippen LogP contribution in [0.3, 0.4) is 0 Å². The first kappa shape index (κ1) is 24.1. The van der Waals surface area contributed by atoms with Crippen molar-refractivity contribution in [3.8, 4) is 11.1 Å². The van der Waals surface area contributed by atoms with E-state index in [1.165, 1.54) is 30.2 Å². The summed E-state index contributed by atoms with van der Waals surface area (Å²) in [6.45, 7) is 0. The summed E-state index contributed by atoms with van der Waals surface area (Å²) >= 11 is 8.53. The van der Waals surface area contributed by atoms with E-state index in [2.05, 4.69) is 15.5 Å². The smallest absolute Gasteiger partial charge is 0.341 e. The summed E-state index contributed by atoms with van der Waals surface area (Å²) in [7, 11) is 5.18. The number of halogens is 1. The van der Waals surface area contributed by atoms with Gasteiger partial charge in [0.2, 0.25) is 5.91 Å². The molecule has 1 aromatic carbocycles. The molecule has 11 heteroatoms. The molecule has 1 N–H and O–H groups in total. The molecule has 176 valence electrons. The van der Waals surface area contributed by atoms with Crippen LogP contribution in [0.2, 0.25) is 5.02 Å². The summed E-state index contributed by atoms with van der Waals surface area (Å²) in [5, 5.41) is 14.8. The summed E-state index contributed by atoms with van der Waals surface area (Å²) in [5.74, 6) is 0.147. The van der Waals surface area contributed by atoms with Crippen molar-refractivity contribution in [1.29, 1.82) is 0 Å². The number of aryl methyl sites for hydroxylation is 1. The molecule has 4 rings (SSSR count). The van der Waals surface area contributed by atoms with Gasteiger partial charge in [0.1, 0.15) is 16.4 Å². The fourth-order valence-electron chi connectivity index (χ4n) is 3.36. The van der Waals surface area contributed by atoms with Crippen LogP contribution < -0.4 is 5.32 Å². The van der Waals surface area contributed by atoms with Crippen molar-refractivity contribution in [1.82, 2.24) is 19.3 Å². The van der Waals surface area contributed by atoms with Crippen molar-refractivity contribution in [3.05, 3.63) is 70.1 Å². The Morgan fingerprint density at radius 3 is 2.62 bits per heavy atom. The normalized spacial score (nSPS) is 10.9. The minimum Gasteiger partial charge on any atom is -0.465 e. The predicted octanol–water partition coefficient (Wildman–Crippen LogP) is 4.64. The number of carbonyl (C=O) groups is 2. The van der Waals surface area contributed by atoms with Gasteiger partial charge >= 0.3 is 5.97 Å². The molecule has 0 atom stereocenters. The number of carbonyl (C=O) groups excluding carboxylic acids is 2. The molecule has 0 bridgehead atoms. The Hall–Kier alpha value is -3.08. The summed E-state index contributed by atoms with van der Waals surface area (Å²) in [6, 6.07) is 11.2. The third-order valence-electron chi connectivity index (χ3n) is 5.24. The Balaban J connectivity index is 1.45. The van der Waals surface area contributed by atoms with Gasteiger partial charge in [0.15, 0.2) is 5.16 Å². The van der Waals surface area contributed by atoms with Crippen molar-refractivity contribution in [3.63, 3.8) is 0 Å². The van der Waals surface area contributed by atoms with Crippen LogP contribution >= 0.6 is 34.7 Å². The van der Waals surface area contributed by atoms with Crippen molar-refractivity contribution in [2.24, 2.45) is 14.1 Å². The molecule has 8 nitrogen and oxygen atoms in total. The number of aromatic nitrogens is 4. The van der Waals surface area contributed by atoms with Crippen LogP contribution in [0.1, 0.15) is 21.9 Å². The maximum Gasteiger partial charge on any atom is 0.341 e. The Bertz CT molecular complexity index is 1330. The molecular formula is C23H22ClN5O3S2. The van der Waals surface area contributed by atoms with Crippen molar-refractivity contribution < 1.29 is 14.3 Å². The molecule has 0 saturated heterocycles. The van der Waals surface area contributed by atoms with Gasteiger partial charge in [-0.25, -0.2) is 4.79 Å². The summed E-state index contributed by atoms with van der Waals surface area (Å²) in [4.78, 5) is 25.2. The van der Waals surface area contributed by atoms with Gasteiger partial charge in [0.25, 0.3) is 0 Å². The molecule has 0 spiro atoms. The second-order valence-electron chi connectivity index (χ2n) is 7.43. The molecule has 34 heavy (non-hydrogen) atoms. The van der Waals surface area contributed by atoms with E-state index in [1.54, 1.807) is 12.1 Å². The summed E-state index contributed by atoms with van der Waals surface area (Å²) in [5.41, 5.74) is 2.92. The van der Waals surface area contributed by atoms with E-state index >= 15 is 0 Å². The van der Waals surface area contributed by atoms with Crippen LogP contribution in [-0.4, -0.2) is 44.1 Å². The van der Waals surface area contributed by atoms with Gasteiger partial charge in [-0.05, 0) is 29.8 Å². The number of ether oxygens (including phenoxy) is 1. The van der Waals surface area contributed by atoms with Gasteiger partial charge in [0.05, 0.1) is 12.9 Å². The van der Waals surface area contributed by atoms with E-state index < -0.39 is 5.97 Å². The molecule has 0 aliphatic carbocycles. The number of nitrogens with one attached hydrogen (secondary N) is 1. The molecule has 0 fully saturated rings. The first-order valence-electron chi connectivity index (χ1n) is 10.2. The highest BCUT2D eigenvalue weighted by molar-refractivity contribution is 7.99. The highest BCUT2D eigenvalue weighted by Gasteiger charge is 2.23. The molecule has 0 radical (unpaired) electrons. The van der Waals surface area contributed by atoms with Gasteiger partial charge in [-0.1, -0.05) is 35.5 Å². The number of nitrogens with zero attached hydrogens (tertiary/aromatic N) is 4. The molecule has 0 aliphatic heterocycles. The van der Waals surface area contributed by atoms with E-state index in [0.29, 0.717) is 32.7 Å². The fraction of sp³-hybridized carbons (Fsp3) is 0.217. The quantitative estimate of drug-likeness (QED) is 0.271. The van der Waals surface area contributed by atoms with Gasteiger partial charge in [0, 0.05) is 48.4 Å². The lowest BCUT2D eigenvalue weighted by atomic mass is 10.0. The third-order valence-corrected chi connectivity index (χ3v) is 7.40. The molecule has 0 unspecified atom stereocenters. The van der Waals surface area contributed by atoms with Crippen LogP contribution in [0.4, 0.5) is 5.00 Å². The number of amides is 1. The molecule has 1 amide bonds. The van der Waals surface area contributed by atoms with Crippen LogP contribution in [0.25, 0.3) is 11.1 Å². The average Bonchev–Trinajstić information content (AvgIpc) is 3.52. The summed E-state index contributed by atoms with van der Waals surface area (Å²) < 4.78 is 8.88. The van der Waals surface area contributed by atoms with Gasteiger partial charge in [-0.2, -0.15) is 0 Å². The van der Waals surface area contributed by atoms with E-state index in [1.807, 2.05) is 59.1 Å². The Morgan fingerprint density at radius 2 is 1.94 bits per heavy atom. The second-order valence-corrected chi connectivity index (χ2v) is 9.69. The van der Waals surface area contributed by atoms with E-state index in [-0.39, 0.29) is 11.7 Å². The Labute approximate surface area is 209 Å². The second kappa shape index (κ2) is 10.5. The van der Waals surface area contributed by atoms with Gasteiger partial charge in [-0.3, -0.25) is 4.79 Å². The number of esters is 1. The number of anilines is 1. The minimum absolute atomic E-state index is 0.116. The lowest BCUT2D eigenvalue weighted by Crippen LogP contribution is -2.16. The number of hydrogen-bond donors (Lipinski definition) is 1. The van der Waals surface area contributed by atoms with Crippen LogP contribution in [0.15, 0.2) is 53.1 Å². The van der Waals surface area contributed by atoms with E-state index in [9.17, 15) is 9.59 Å². The van der Waals surface area contributed by atoms with Crippen molar-refractivity contribution in [2.45, 2.75) is 11.6 Å². The first-order chi connectivity index (χ1) is 16.4. The van der Waals surface area contributed by atoms with Crippen LogP contribution in [-0.2, 0) is 30.0 Å². The Morgan fingerprint density at radius 1 is 1.18 bits per heavy atom. The predicted molar refractivity (Wildman–Crippen MR) is 135 cm³/mol. The largest absolute Gasteiger partial charge is 0.465 e. The molecule has 0 aliphatic rings. The Kier molecular flexibility index (Phi) is 7.40. The fourth-order valence-corrected chi connectivity index (χ4v) is 5.19. The maximum absolute atomic E-state index is 12.7. The standard InChI is InChI=1S/C23H22ClN5O3S2/c1-28-10-4-5-16(28)11-18-26-27-23(29(18)2)34-13-19(30)25-21-20(22(31)32-3)17(12-33-21)14-6-8-15(24)9-7-14/h4-10,12H,11,13H2,1-3H3,(H,25,30). The van der Waals surface area contributed by atoms with Crippen LogP contribution in [0.5, 0.6) is 0 Å². The lowest BCUT2D eigenvalue weighted by Gasteiger charge is -2.08. The zero-order valence-corrected chi connectivity index (χ0v) is 21.1. The average molecular weight is 516 g/mol. The maximum atomic E-state index is 12.7. The topological polar surface area (TPSA) is 91.0 Å². The highest BCUT2D eigenvalue weighted by atomic mass is 35.5. The number of rotatable bonds is 8. The lowest BCUT2D eigenvalue weighted by molar-refractivity contribution is -0.113. The molecule has 4 aromatic rings. The van der Waals surface area contributed by atoms with Gasteiger partial charge in [-0.15, -0.1) is 21.5 Å². The zero-order chi connectivity index (χ0) is 24.2. The SMILES string of the molecule is COC(=O)c1c(-c2ccc(Cl)cc2)csc1NC(=O)CSc1nnc(Cc2cccn2C)n1C. The number of benzene rings is 1. The first-order valence-corrected chi connectivity index (χ1v) is 12.5. The molecular weight excluding hydrogens is 494 g/mol. The third kappa shape index (κ3) is 5.19. The van der Waals surface area contributed by atoms with Crippen molar-refractivity contribution in [2.75, 3.05) is 18.2 Å². The van der Waals surface area contributed by atoms with Crippen molar-refractivity contribution >= 4 is 51.6 Å². The summed E-state index contributed by atoms with van der Waals surface area (Å²) in [6.07, 6.45) is 2.63. The minimum atomic E-state index is -0.521. The molecule has 0 saturated carbocycles. The number of thioether (sulfide) groups is 1. The number of hydrogen-bond acceptors (Lipinski definition) is 7. The molecule has 3 heterocycles. The number of methoxy groups -OCH3 is 1. The van der Waals surface area contributed by atoms with E-state index in [4.69, 9.17) is 16.3 Å². The number of thiophene rings is 1. The monoisotopic (exact) mass is 515 g/mol. The van der Waals surface area contributed by atoms with Crippen LogP contribution in [0, 0.1) is 0 Å². The molecule has 3 aromatic heterocycles. The van der Waals surface area contributed by atoms with E-state index in [0.717, 1.165) is 17.1 Å². The van der Waals surface area contributed by atoms with Gasteiger partial charge < -0.3 is 19.2 Å².